The highest BCUT2D eigenvalue weighted by atomic mass is 79.9. The molecular weight excluding hydrogens is 552 g/mol. The van der Waals surface area contributed by atoms with E-state index in [0.717, 1.165) is 6.54 Å². The topological polar surface area (TPSA) is 6.25 Å². The van der Waals surface area contributed by atoms with Gasteiger partial charge in [-0.05, 0) is 19.8 Å². The summed E-state index contributed by atoms with van der Waals surface area (Å²) >= 11 is 0. The molecule has 0 aromatic rings. The molecule has 0 radical (unpaired) electrons. The van der Waals surface area contributed by atoms with E-state index in [0.29, 0.717) is 0 Å². The van der Waals surface area contributed by atoms with Gasteiger partial charge >= 0.3 is 0 Å². The van der Waals surface area contributed by atoms with Crippen LogP contribution in [0.4, 0.5) is 0 Å². The minimum absolute atomic E-state index is 0. The van der Waals surface area contributed by atoms with Gasteiger partial charge in [-0.25, -0.2) is 0 Å². The van der Waals surface area contributed by atoms with Gasteiger partial charge in [0.25, 0.3) is 0 Å². The van der Waals surface area contributed by atoms with Crippen molar-refractivity contribution in [2.24, 2.45) is 0 Å². The van der Waals surface area contributed by atoms with Crippen LogP contribution < -0.4 is 17.0 Å². The third-order valence-corrected chi connectivity index (χ3v) is 8.66. The standard InChI is InChI=1S/C22H45N2.C15H32.BrH/c1-3-5-6-7-8-9-10-11-12-13-14-15-16-17-18-19-24-21-20-23(4-2)22-24;1-3-5-7-9-11-13-15-14-12-10-8-6-4-2;/h22H,3-21H2,1-2H3;3-15H2,1-2H3;1H/q+1;;/p-1. The first kappa shape index (κ1) is 42.1. The molecule has 0 fully saturated rings. The predicted octanol–water partition coefficient (Wildman–Crippen LogP) is 9.34. The lowest BCUT2D eigenvalue weighted by molar-refractivity contribution is -0.514. The fourth-order valence-corrected chi connectivity index (χ4v) is 5.79. The summed E-state index contributed by atoms with van der Waals surface area (Å²) in [5.74, 6) is 0. The predicted molar refractivity (Wildman–Crippen MR) is 180 cm³/mol. The van der Waals surface area contributed by atoms with E-state index < -0.39 is 0 Å². The van der Waals surface area contributed by atoms with Crippen molar-refractivity contribution in [1.29, 1.82) is 0 Å². The monoisotopic (exact) mass is 629 g/mol. The van der Waals surface area contributed by atoms with Crippen LogP contribution in [0, 0.1) is 0 Å². The lowest BCUT2D eigenvalue weighted by Gasteiger charge is -2.03. The lowest BCUT2D eigenvalue weighted by Crippen LogP contribution is -3.00. The zero-order valence-electron chi connectivity index (χ0n) is 28.5. The molecule has 0 unspecified atom stereocenters. The summed E-state index contributed by atoms with van der Waals surface area (Å²) in [5, 5.41) is 0. The second kappa shape index (κ2) is 37.0. The molecule has 0 N–H and O–H groups in total. The van der Waals surface area contributed by atoms with Crippen molar-refractivity contribution in [2.75, 3.05) is 26.2 Å². The number of rotatable bonds is 29. The van der Waals surface area contributed by atoms with Crippen molar-refractivity contribution in [1.82, 2.24) is 4.90 Å². The minimum Gasteiger partial charge on any atom is -1.00 e. The Morgan fingerprint density at radius 2 is 0.700 bits per heavy atom. The first-order chi connectivity index (χ1) is 19.3. The molecule has 0 atom stereocenters. The van der Waals surface area contributed by atoms with Gasteiger partial charge in [0.15, 0.2) is 0 Å². The number of hydrogen-bond acceptors (Lipinski definition) is 1. The van der Waals surface area contributed by atoms with Crippen molar-refractivity contribution >= 4 is 6.34 Å². The third kappa shape index (κ3) is 32.5. The van der Waals surface area contributed by atoms with E-state index in [2.05, 4.69) is 43.5 Å². The summed E-state index contributed by atoms with van der Waals surface area (Å²) in [4.78, 5) is 2.42. The zero-order valence-corrected chi connectivity index (χ0v) is 30.1. The van der Waals surface area contributed by atoms with Crippen LogP contribution in [-0.2, 0) is 0 Å². The average Bonchev–Trinajstić information content (AvgIpc) is 3.42. The van der Waals surface area contributed by atoms with Gasteiger partial charge in [0.1, 0.15) is 13.1 Å². The van der Waals surface area contributed by atoms with E-state index >= 15 is 0 Å². The maximum absolute atomic E-state index is 2.51. The number of halogens is 1. The van der Waals surface area contributed by atoms with E-state index in [1.807, 2.05) is 0 Å². The Balaban J connectivity index is 0. The highest BCUT2D eigenvalue weighted by molar-refractivity contribution is 5.50. The summed E-state index contributed by atoms with van der Waals surface area (Å²) in [6.07, 6.45) is 43.0. The van der Waals surface area contributed by atoms with Gasteiger partial charge in [-0.1, -0.05) is 188 Å². The molecule has 1 rings (SSSR count). The second-order valence-corrected chi connectivity index (χ2v) is 12.6. The van der Waals surface area contributed by atoms with E-state index in [1.54, 1.807) is 0 Å². The fourth-order valence-electron chi connectivity index (χ4n) is 5.79. The molecule has 3 heteroatoms. The molecular formula is C37H77BrN2. The van der Waals surface area contributed by atoms with E-state index in [1.165, 1.54) is 199 Å². The van der Waals surface area contributed by atoms with Crippen LogP contribution in [0.2, 0.25) is 0 Å². The Morgan fingerprint density at radius 1 is 0.425 bits per heavy atom. The average molecular weight is 630 g/mol. The highest BCUT2D eigenvalue weighted by Gasteiger charge is 2.15. The summed E-state index contributed by atoms with van der Waals surface area (Å²) in [7, 11) is 0. The normalized spacial score (nSPS) is 12.7. The molecule has 0 aromatic heterocycles. The van der Waals surface area contributed by atoms with Gasteiger partial charge < -0.3 is 17.0 Å². The van der Waals surface area contributed by atoms with Gasteiger partial charge in [0, 0.05) is 0 Å². The number of hydrogen-bond donors (Lipinski definition) is 0. The molecule has 0 aliphatic carbocycles. The van der Waals surface area contributed by atoms with Crippen molar-refractivity contribution < 1.29 is 21.6 Å². The van der Waals surface area contributed by atoms with E-state index in [4.69, 9.17) is 0 Å². The van der Waals surface area contributed by atoms with Crippen LogP contribution in [0.5, 0.6) is 0 Å². The number of nitrogens with zero attached hydrogens (tertiary/aromatic N) is 2. The van der Waals surface area contributed by atoms with Crippen molar-refractivity contribution in [2.45, 2.75) is 207 Å². The van der Waals surface area contributed by atoms with E-state index in [9.17, 15) is 0 Å². The number of likely N-dealkylation sites (N-methyl/N-ethyl adjacent to an activating group) is 1. The van der Waals surface area contributed by atoms with Gasteiger partial charge in [-0.15, -0.1) is 0 Å². The van der Waals surface area contributed by atoms with Gasteiger partial charge in [0.05, 0.1) is 13.1 Å². The van der Waals surface area contributed by atoms with Crippen LogP contribution >= 0.6 is 0 Å². The van der Waals surface area contributed by atoms with Crippen LogP contribution in [0.1, 0.15) is 207 Å². The minimum atomic E-state index is 0. The SMILES string of the molecule is CCCCCCCCCCCCCCC.CCCCCCCCCCCCCCCCC[N+]1=CN(CC)CC1.[Br-]. The molecule has 40 heavy (non-hydrogen) atoms. The Kier molecular flexibility index (Phi) is 38.9. The summed E-state index contributed by atoms with van der Waals surface area (Å²) < 4.78 is 2.51. The van der Waals surface area contributed by atoms with Gasteiger partial charge in [-0.3, -0.25) is 9.48 Å². The quantitative estimate of drug-likeness (QED) is 0.0590. The Labute approximate surface area is 265 Å². The van der Waals surface area contributed by atoms with Crippen LogP contribution in [-0.4, -0.2) is 42.0 Å². The smallest absolute Gasteiger partial charge is 0.234 e. The third-order valence-electron chi connectivity index (χ3n) is 8.66. The van der Waals surface area contributed by atoms with Crippen LogP contribution in [0.3, 0.4) is 0 Å². The molecule has 0 saturated heterocycles. The van der Waals surface area contributed by atoms with Crippen LogP contribution in [0.15, 0.2) is 0 Å². The van der Waals surface area contributed by atoms with Crippen molar-refractivity contribution in [3.8, 4) is 0 Å². The molecule has 1 heterocycles. The highest BCUT2D eigenvalue weighted by Crippen LogP contribution is 2.14. The molecule has 1 aliphatic rings. The maximum Gasteiger partial charge on any atom is 0.234 e. The summed E-state index contributed by atoms with van der Waals surface area (Å²) in [6, 6.07) is 0. The van der Waals surface area contributed by atoms with E-state index in [-0.39, 0.29) is 17.0 Å². The molecule has 0 bridgehead atoms. The molecule has 2 nitrogen and oxygen atoms in total. The Bertz CT molecular complexity index is 467. The summed E-state index contributed by atoms with van der Waals surface area (Å²) in [6.45, 7) is 14.0. The van der Waals surface area contributed by atoms with Gasteiger partial charge in [-0.2, -0.15) is 0 Å². The summed E-state index contributed by atoms with van der Waals surface area (Å²) in [5.41, 5.74) is 0. The molecule has 1 aliphatic heterocycles. The maximum atomic E-state index is 2.51. The lowest BCUT2D eigenvalue weighted by atomic mass is 10.0. The zero-order chi connectivity index (χ0) is 28.5. The van der Waals surface area contributed by atoms with Crippen molar-refractivity contribution in [3.63, 3.8) is 0 Å². The second-order valence-electron chi connectivity index (χ2n) is 12.6. The fraction of sp³-hybridized carbons (Fsp3) is 0.973. The first-order valence-electron chi connectivity index (χ1n) is 18.6. The number of unbranched alkanes of at least 4 members (excludes halogenated alkanes) is 26. The largest absolute Gasteiger partial charge is 1.00 e. The molecule has 0 aromatic carbocycles. The molecule has 242 valence electrons. The van der Waals surface area contributed by atoms with Crippen LogP contribution in [0.25, 0.3) is 0 Å². The first-order valence-corrected chi connectivity index (χ1v) is 18.6. The molecule has 0 amide bonds. The Hall–Kier alpha value is -0.0500. The molecule has 0 saturated carbocycles. The van der Waals surface area contributed by atoms with Crippen molar-refractivity contribution in [3.05, 3.63) is 0 Å². The molecule has 0 spiro atoms. The van der Waals surface area contributed by atoms with Gasteiger partial charge in [0.2, 0.25) is 6.34 Å². The Morgan fingerprint density at radius 3 is 0.950 bits per heavy atom.